The van der Waals surface area contributed by atoms with E-state index in [4.69, 9.17) is 9.47 Å². The maximum Gasteiger partial charge on any atom is 0.411 e. The van der Waals surface area contributed by atoms with Crippen LogP contribution in [0.5, 0.6) is 0 Å². The summed E-state index contributed by atoms with van der Waals surface area (Å²) in [6.45, 7) is 3.74. The Kier molecular flexibility index (Phi) is 9.34. The number of unbranched alkanes of at least 4 members (excludes halogenated alkanes) is 2. The van der Waals surface area contributed by atoms with E-state index in [0.717, 1.165) is 30.7 Å². The molecule has 0 spiro atoms. The molecule has 0 radical (unpaired) electrons. The molecule has 0 atom stereocenters. The number of alkyl halides is 6. The topological polar surface area (TPSA) is 52.6 Å². The van der Waals surface area contributed by atoms with Gasteiger partial charge in [0.05, 0.1) is 24.3 Å². The van der Waals surface area contributed by atoms with E-state index in [1.54, 1.807) is 0 Å². The van der Waals surface area contributed by atoms with Crippen molar-refractivity contribution in [1.82, 2.24) is 0 Å². The number of ether oxygens (including phenoxy) is 2. The molecule has 0 aliphatic rings. The molecule has 0 heterocycles. The van der Waals surface area contributed by atoms with Gasteiger partial charge < -0.3 is 9.47 Å². The average molecular weight is 504 g/mol. The van der Waals surface area contributed by atoms with Gasteiger partial charge in [0.2, 0.25) is 5.41 Å². The summed E-state index contributed by atoms with van der Waals surface area (Å²) in [4.78, 5) is 24.3. The molecule has 0 aliphatic heterocycles. The minimum Gasteiger partial charge on any atom is -0.462 e. The number of carbonyl (C=O) groups is 2. The molecule has 2 aromatic rings. The van der Waals surface area contributed by atoms with E-state index in [1.165, 1.54) is 0 Å². The first-order chi connectivity index (χ1) is 16.4. The van der Waals surface area contributed by atoms with Gasteiger partial charge in [-0.05, 0) is 48.2 Å². The Morgan fingerprint density at radius 1 is 0.686 bits per heavy atom. The van der Waals surface area contributed by atoms with Crippen molar-refractivity contribution in [1.29, 1.82) is 0 Å². The van der Waals surface area contributed by atoms with Gasteiger partial charge in [-0.25, -0.2) is 9.59 Å². The van der Waals surface area contributed by atoms with Gasteiger partial charge in [0, 0.05) is 0 Å². The zero-order valence-corrected chi connectivity index (χ0v) is 19.3. The maximum atomic E-state index is 14.4. The molecular weight excluding hydrogens is 478 g/mol. The lowest BCUT2D eigenvalue weighted by Crippen LogP contribution is -2.54. The van der Waals surface area contributed by atoms with E-state index < -0.39 is 46.4 Å². The highest BCUT2D eigenvalue weighted by Crippen LogP contribution is 2.56. The summed E-state index contributed by atoms with van der Waals surface area (Å²) in [7, 11) is 0. The van der Waals surface area contributed by atoms with Crippen molar-refractivity contribution in [3.8, 4) is 0 Å². The van der Waals surface area contributed by atoms with E-state index >= 15 is 0 Å². The van der Waals surface area contributed by atoms with Gasteiger partial charge in [-0.1, -0.05) is 51.0 Å². The van der Waals surface area contributed by atoms with Crippen molar-refractivity contribution in [2.45, 2.75) is 57.3 Å². The summed E-state index contributed by atoms with van der Waals surface area (Å²) in [5.41, 5.74) is -7.42. The predicted molar refractivity (Wildman–Crippen MR) is 116 cm³/mol. The molecule has 192 valence electrons. The van der Waals surface area contributed by atoms with E-state index in [-0.39, 0.29) is 18.8 Å². The normalized spacial score (nSPS) is 12.3. The van der Waals surface area contributed by atoms with Crippen LogP contribution in [0.15, 0.2) is 48.5 Å². The maximum absolute atomic E-state index is 14.4. The molecule has 0 aromatic heterocycles. The quantitative estimate of drug-likeness (QED) is 0.198. The molecule has 4 nitrogen and oxygen atoms in total. The summed E-state index contributed by atoms with van der Waals surface area (Å²) < 4.78 is 96.1. The summed E-state index contributed by atoms with van der Waals surface area (Å²) in [6, 6.07) is 6.16. The van der Waals surface area contributed by atoms with Gasteiger partial charge in [-0.2, -0.15) is 26.3 Å². The summed E-state index contributed by atoms with van der Waals surface area (Å²) in [6.07, 6.45) is -9.20. The second-order valence-corrected chi connectivity index (χ2v) is 7.88. The predicted octanol–water partition coefficient (Wildman–Crippen LogP) is 7.01. The van der Waals surface area contributed by atoms with Gasteiger partial charge >= 0.3 is 24.3 Å². The number of hydrogen-bond donors (Lipinski definition) is 0. The molecule has 0 saturated carbocycles. The Labute approximate surface area is 199 Å². The highest BCUT2D eigenvalue weighted by Gasteiger charge is 2.72. The first-order valence-electron chi connectivity index (χ1n) is 11.1. The average Bonchev–Trinajstić information content (AvgIpc) is 2.78. The largest absolute Gasteiger partial charge is 0.462 e. The third-order valence-corrected chi connectivity index (χ3v) is 5.40. The number of benzene rings is 2. The molecule has 35 heavy (non-hydrogen) atoms. The fourth-order valence-electron chi connectivity index (χ4n) is 3.50. The van der Waals surface area contributed by atoms with Crippen molar-refractivity contribution in [2.75, 3.05) is 13.2 Å². The molecule has 0 bridgehead atoms. The van der Waals surface area contributed by atoms with Crippen LogP contribution < -0.4 is 0 Å². The SMILES string of the molecule is CCCCOC(=O)c1ccc(C(c2cccc(C(=O)OCCCC)c2)(C(F)(F)F)C(F)(F)F)cc1. The molecule has 0 N–H and O–H groups in total. The fourth-order valence-corrected chi connectivity index (χ4v) is 3.50. The van der Waals surface area contributed by atoms with Crippen LogP contribution in [0.4, 0.5) is 26.3 Å². The summed E-state index contributed by atoms with van der Waals surface area (Å²) in [5.74, 6) is -1.88. The zero-order chi connectivity index (χ0) is 26.3. The summed E-state index contributed by atoms with van der Waals surface area (Å²) >= 11 is 0. The standard InChI is InChI=1S/C25H26F6O4/c1-3-5-14-34-21(32)17-10-12-19(13-11-17)23(24(26,27)28,25(29,30)31)20-9-7-8-18(16-20)22(33)35-15-6-4-2/h7-13,16H,3-6,14-15H2,1-2H3. The van der Waals surface area contributed by atoms with Gasteiger partial charge in [-0.15, -0.1) is 0 Å². The van der Waals surface area contributed by atoms with Crippen molar-refractivity contribution in [3.05, 3.63) is 70.8 Å². The molecular formula is C25H26F6O4. The van der Waals surface area contributed by atoms with E-state index in [9.17, 15) is 35.9 Å². The second-order valence-electron chi connectivity index (χ2n) is 7.88. The molecule has 0 saturated heterocycles. The Morgan fingerprint density at radius 2 is 1.17 bits per heavy atom. The van der Waals surface area contributed by atoms with E-state index in [0.29, 0.717) is 43.5 Å². The van der Waals surface area contributed by atoms with E-state index in [2.05, 4.69) is 0 Å². The zero-order valence-electron chi connectivity index (χ0n) is 19.3. The number of halogens is 6. The van der Waals surface area contributed by atoms with Gasteiger partial charge in [-0.3, -0.25) is 0 Å². The Balaban J connectivity index is 2.59. The van der Waals surface area contributed by atoms with Crippen LogP contribution in [0, 0.1) is 0 Å². The highest BCUT2D eigenvalue weighted by molar-refractivity contribution is 5.90. The van der Waals surface area contributed by atoms with Gasteiger partial charge in [0.25, 0.3) is 0 Å². The number of carbonyl (C=O) groups excluding carboxylic acids is 2. The smallest absolute Gasteiger partial charge is 0.411 e. The van der Waals surface area contributed by atoms with Crippen molar-refractivity contribution in [3.63, 3.8) is 0 Å². The van der Waals surface area contributed by atoms with Crippen LogP contribution in [-0.4, -0.2) is 37.5 Å². The molecule has 0 aliphatic carbocycles. The van der Waals surface area contributed by atoms with Crippen molar-refractivity contribution < 1.29 is 45.4 Å². The Bertz CT molecular complexity index is 982. The van der Waals surface area contributed by atoms with Crippen LogP contribution in [0.2, 0.25) is 0 Å². The first-order valence-corrected chi connectivity index (χ1v) is 11.1. The van der Waals surface area contributed by atoms with Gasteiger partial charge in [0.15, 0.2) is 0 Å². The van der Waals surface area contributed by atoms with Crippen LogP contribution in [0.1, 0.15) is 71.4 Å². The van der Waals surface area contributed by atoms with Crippen molar-refractivity contribution in [2.24, 2.45) is 0 Å². The lowest BCUT2D eigenvalue weighted by atomic mass is 9.72. The van der Waals surface area contributed by atoms with Crippen LogP contribution >= 0.6 is 0 Å². The molecule has 0 amide bonds. The molecule has 10 heteroatoms. The third-order valence-electron chi connectivity index (χ3n) is 5.40. The number of rotatable bonds is 10. The number of hydrogen-bond acceptors (Lipinski definition) is 4. The minimum atomic E-state index is -5.83. The molecule has 0 fully saturated rings. The van der Waals surface area contributed by atoms with Crippen LogP contribution in [0.25, 0.3) is 0 Å². The number of esters is 2. The monoisotopic (exact) mass is 504 g/mol. The minimum absolute atomic E-state index is 0.0148. The fraction of sp³-hybridized carbons (Fsp3) is 0.440. The molecule has 2 aromatic carbocycles. The summed E-state index contributed by atoms with van der Waals surface area (Å²) in [5, 5.41) is 0. The Hall–Kier alpha value is -3.04. The van der Waals surface area contributed by atoms with E-state index in [1.807, 2.05) is 13.8 Å². The second kappa shape index (κ2) is 11.6. The lowest BCUT2D eigenvalue weighted by molar-refractivity contribution is -0.288. The Morgan fingerprint density at radius 3 is 1.63 bits per heavy atom. The van der Waals surface area contributed by atoms with Gasteiger partial charge in [0.1, 0.15) is 0 Å². The molecule has 2 rings (SSSR count). The first kappa shape index (κ1) is 28.2. The highest BCUT2D eigenvalue weighted by atomic mass is 19.4. The van der Waals surface area contributed by atoms with Crippen LogP contribution in [-0.2, 0) is 14.9 Å². The van der Waals surface area contributed by atoms with Crippen molar-refractivity contribution >= 4 is 11.9 Å². The van der Waals surface area contributed by atoms with Crippen LogP contribution in [0.3, 0.4) is 0 Å². The lowest BCUT2D eigenvalue weighted by Gasteiger charge is -2.38. The molecule has 0 unspecified atom stereocenters. The third kappa shape index (κ3) is 6.15.